The van der Waals surface area contributed by atoms with E-state index in [0.717, 1.165) is 16.3 Å². The second-order valence-corrected chi connectivity index (χ2v) is 8.49. The molecule has 0 aliphatic carbocycles. The van der Waals surface area contributed by atoms with Crippen LogP contribution in [0.25, 0.3) is 32.9 Å². The molecule has 0 atom stereocenters. The number of Topliss-reactive ketones (excluding diaryl/α,β-unsaturated/α-hetero) is 1. The first kappa shape index (κ1) is 23.2. The quantitative estimate of drug-likeness (QED) is 0.187. The summed E-state index contributed by atoms with van der Waals surface area (Å²) in [6.45, 7) is 3.83. The molecular weight excluding hydrogens is 450 g/mol. The summed E-state index contributed by atoms with van der Waals surface area (Å²) in [4.78, 5) is 30.2. The van der Waals surface area contributed by atoms with Crippen molar-refractivity contribution in [1.29, 1.82) is 0 Å². The molecule has 0 saturated heterocycles. The number of pyridine rings is 1. The van der Waals surface area contributed by atoms with Crippen LogP contribution in [0.1, 0.15) is 40.1 Å². The molecule has 36 heavy (non-hydrogen) atoms. The van der Waals surface area contributed by atoms with Gasteiger partial charge >= 0.3 is 5.97 Å². The molecule has 0 saturated carbocycles. The zero-order valence-corrected chi connectivity index (χ0v) is 20.2. The van der Waals surface area contributed by atoms with Crippen molar-refractivity contribution in [1.82, 2.24) is 4.98 Å². The third kappa shape index (κ3) is 4.56. The normalized spacial score (nSPS) is 10.9. The van der Waals surface area contributed by atoms with E-state index >= 15 is 0 Å². The van der Waals surface area contributed by atoms with E-state index in [2.05, 4.69) is 18.2 Å². The number of carbonyl (C=O) groups excluding carboxylic acids is 2. The monoisotopic (exact) mass is 475 g/mol. The average molecular weight is 476 g/mol. The van der Waals surface area contributed by atoms with Crippen molar-refractivity contribution in [3.63, 3.8) is 0 Å². The number of nitrogens with zero attached hydrogens (tertiary/aromatic N) is 1. The zero-order valence-electron chi connectivity index (χ0n) is 20.2. The number of ketones is 1. The van der Waals surface area contributed by atoms with Crippen molar-refractivity contribution in [3.8, 4) is 17.0 Å². The molecular formula is C31H25NO4. The smallest absolute Gasteiger partial charge is 0.339 e. The first-order chi connectivity index (χ1) is 17.5. The van der Waals surface area contributed by atoms with Gasteiger partial charge in [0.25, 0.3) is 0 Å². The Morgan fingerprint density at radius 3 is 2.39 bits per heavy atom. The van der Waals surface area contributed by atoms with Crippen LogP contribution in [0, 0.1) is 0 Å². The Hall–Kier alpha value is -4.51. The SMILES string of the molecule is CCOc1ccc(C(C)=O)cc1COC(=O)c1cc(-c2cccc3ccccc23)nc2ccccc12. The lowest BCUT2D eigenvalue weighted by Crippen LogP contribution is -2.09. The molecule has 0 spiro atoms. The van der Waals surface area contributed by atoms with Crippen LogP contribution in [0.4, 0.5) is 0 Å². The second kappa shape index (κ2) is 10.0. The van der Waals surface area contributed by atoms with Gasteiger partial charge in [0.1, 0.15) is 12.4 Å². The van der Waals surface area contributed by atoms with E-state index in [1.54, 1.807) is 24.3 Å². The van der Waals surface area contributed by atoms with E-state index in [1.165, 1.54) is 6.92 Å². The molecule has 0 unspecified atom stereocenters. The molecule has 5 rings (SSSR count). The van der Waals surface area contributed by atoms with E-state index in [9.17, 15) is 9.59 Å². The van der Waals surface area contributed by atoms with Crippen LogP contribution in [0.3, 0.4) is 0 Å². The Balaban J connectivity index is 1.54. The summed E-state index contributed by atoms with van der Waals surface area (Å²) in [7, 11) is 0. The summed E-state index contributed by atoms with van der Waals surface area (Å²) in [5.41, 5.74) is 3.97. The van der Waals surface area contributed by atoms with Crippen molar-refractivity contribution in [2.75, 3.05) is 6.61 Å². The summed E-state index contributed by atoms with van der Waals surface area (Å²) in [5, 5.41) is 2.88. The molecule has 0 bridgehead atoms. The van der Waals surface area contributed by atoms with Crippen LogP contribution in [0.5, 0.6) is 5.75 Å². The Labute approximate surface area is 209 Å². The van der Waals surface area contributed by atoms with Gasteiger partial charge in [0, 0.05) is 22.1 Å². The second-order valence-electron chi connectivity index (χ2n) is 8.49. The highest BCUT2D eigenvalue weighted by molar-refractivity contribution is 6.06. The summed E-state index contributed by atoms with van der Waals surface area (Å²) >= 11 is 0. The number of carbonyl (C=O) groups is 2. The lowest BCUT2D eigenvalue weighted by molar-refractivity contribution is 0.0472. The Morgan fingerprint density at radius 2 is 1.58 bits per heavy atom. The van der Waals surface area contributed by atoms with E-state index in [-0.39, 0.29) is 12.4 Å². The Bertz CT molecular complexity index is 1600. The van der Waals surface area contributed by atoms with E-state index in [0.29, 0.717) is 45.6 Å². The highest BCUT2D eigenvalue weighted by Crippen LogP contribution is 2.31. The van der Waals surface area contributed by atoms with Crippen LogP contribution in [0.2, 0.25) is 0 Å². The van der Waals surface area contributed by atoms with Crippen molar-refractivity contribution < 1.29 is 19.1 Å². The summed E-state index contributed by atoms with van der Waals surface area (Å²) < 4.78 is 11.4. The van der Waals surface area contributed by atoms with Crippen molar-refractivity contribution in [2.45, 2.75) is 20.5 Å². The maximum atomic E-state index is 13.4. The van der Waals surface area contributed by atoms with Crippen molar-refractivity contribution in [2.24, 2.45) is 0 Å². The molecule has 0 amide bonds. The highest BCUT2D eigenvalue weighted by Gasteiger charge is 2.18. The molecule has 4 aromatic carbocycles. The van der Waals surface area contributed by atoms with Gasteiger partial charge in [-0.3, -0.25) is 4.79 Å². The fourth-order valence-electron chi connectivity index (χ4n) is 4.36. The van der Waals surface area contributed by atoms with Crippen molar-refractivity contribution in [3.05, 3.63) is 108 Å². The molecule has 0 aliphatic heterocycles. The molecule has 5 nitrogen and oxygen atoms in total. The minimum Gasteiger partial charge on any atom is -0.493 e. The lowest BCUT2D eigenvalue weighted by atomic mass is 9.99. The number of ether oxygens (including phenoxy) is 2. The van der Waals surface area contributed by atoms with Crippen LogP contribution < -0.4 is 4.74 Å². The highest BCUT2D eigenvalue weighted by atomic mass is 16.5. The van der Waals surface area contributed by atoms with Gasteiger partial charge in [-0.05, 0) is 55.0 Å². The maximum Gasteiger partial charge on any atom is 0.339 e. The minimum atomic E-state index is -0.467. The molecule has 0 N–H and O–H groups in total. The van der Waals surface area contributed by atoms with E-state index in [4.69, 9.17) is 14.5 Å². The number of benzene rings is 4. The Kier molecular flexibility index (Phi) is 6.46. The van der Waals surface area contributed by atoms with Gasteiger partial charge in [-0.25, -0.2) is 9.78 Å². The van der Waals surface area contributed by atoms with Gasteiger partial charge in [0.15, 0.2) is 5.78 Å². The first-order valence-electron chi connectivity index (χ1n) is 11.9. The summed E-state index contributed by atoms with van der Waals surface area (Å²) in [5.74, 6) is 0.0579. The molecule has 1 heterocycles. The van der Waals surface area contributed by atoms with Crippen LogP contribution in [-0.2, 0) is 11.3 Å². The largest absolute Gasteiger partial charge is 0.493 e. The van der Waals surface area contributed by atoms with Crippen molar-refractivity contribution >= 4 is 33.4 Å². The molecule has 178 valence electrons. The Morgan fingerprint density at radius 1 is 0.833 bits per heavy atom. The first-order valence-corrected chi connectivity index (χ1v) is 11.9. The van der Waals surface area contributed by atoms with Crippen LogP contribution in [-0.4, -0.2) is 23.3 Å². The maximum absolute atomic E-state index is 13.4. The van der Waals surface area contributed by atoms with Gasteiger partial charge in [-0.2, -0.15) is 0 Å². The predicted molar refractivity (Wildman–Crippen MR) is 141 cm³/mol. The number of fused-ring (bicyclic) bond motifs is 2. The summed E-state index contributed by atoms with van der Waals surface area (Å²) in [6.07, 6.45) is 0. The fourth-order valence-corrected chi connectivity index (χ4v) is 4.36. The standard InChI is InChI=1S/C31H25NO4/c1-3-35-30-16-15-22(20(2)33)17-23(30)19-36-31(34)27-18-29(32-28-14-7-6-12-26(27)28)25-13-8-10-21-9-4-5-11-24(21)25/h4-18H,3,19H2,1-2H3. The minimum absolute atomic E-state index is 0.0183. The molecule has 5 aromatic rings. The number of rotatable bonds is 7. The third-order valence-corrected chi connectivity index (χ3v) is 6.13. The molecule has 0 radical (unpaired) electrons. The van der Waals surface area contributed by atoms with Crippen LogP contribution >= 0.6 is 0 Å². The number of aromatic nitrogens is 1. The number of esters is 1. The van der Waals surface area contributed by atoms with Gasteiger partial charge in [-0.15, -0.1) is 0 Å². The third-order valence-electron chi connectivity index (χ3n) is 6.13. The van der Waals surface area contributed by atoms with E-state index < -0.39 is 5.97 Å². The van der Waals surface area contributed by atoms with Gasteiger partial charge in [-0.1, -0.05) is 60.7 Å². The van der Waals surface area contributed by atoms with E-state index in [1.807, 2.05) is 55.5 Å². The van der Waals surface area contributed by atoms with Crippen LogP contribution in [0.15, 0.2) is 91.0 Å². The number of hydrogen-bond donors (Lipinski definition) is 0. The van der Waals surface area contributed by atoms with Gasteiger partial charge in [0.2, 0.25) is 0 Å². The topological polar surface area (TPSA) is 65.5 Å². The molecule has 0 aliphatic rings. The van der Waals surface area contributed by atoms with Gasteiger partial charge < -0.3 is 9.47 Å². The molecule has 5 heteroatoms. The number of hydrogen-bond acceptors (Lipinski definition) is 5. The zero-order chi connectivity index (χ0) is 25.1. The molecule has 1 aromatic heterocycles. The predicted octanol–water partition coefficient (Wildman–Crippen LogP) is 7.01. The van der Waals surface area contributed by atoms with Gasteiger partial charge in [0.05, 0.1) is 23.4 Å². The number of para-hydroxylation sites is 1. The average Bonchev–Trinajstić information content (AvgIpc) is 2.91. The lowest BCUT2D eigenvalue weighted by Gasteiger charge is -2.14. The summed E-state index contributed by atoms with van der Waals surface area (Å²) in [6, 6.07) is 28.7. The molecule has 0 fully saturated rings. The fraction of sp³-hybridized carbons (Fsp3) is 0.129.